The Labute approximate surface area is 113 Å². The second kappa shape index (κ2) is 6.52. The molecule has 19 heavy (non-hydrogen) atoms. The van der Waals surface area contributed by atoms with Gasteiger partial charge in [0, 0.05) is 26.2 Å². The molecule has 5 nitrogen and oxygen atoms in total. The molecule has 5 heteroatoms. The lowest BCUT2D eigenvalue weighted by Gasteiger charge is -2.31. The van der Waals surface area contributed by atoms with E-state index in [-0.39, 0.29) is 18.4 Å². The summed E-state index contributed by atoms with van der Waals surface area (Å²) < 4.78 is 0. The summed E-state index contributed by atoms with van der Waals surface area (Å²) in [5, 5.41) is 12.3. The molecule has 0 aromatic carbocycles. The standard InChI is InChI=1S/C14H21N3O2/c1-2-15-12-5-6-13(16-8-12)14(19)17-7-3-4-11(9-17)10-18/h5-6,8,11,15,18H,2-4,7,9-10H2,1H3. The van der Waals surface area contributed by atoms with E-state index >= 15 is 0 Å². The summed E-state index contributed by atoms with van der Waals surface area (Å²) in [5.74, 6) is 0.167. The number of anilines is 1. The highest BCUT2D eigenvalue weighted by molar-refractivity contribution is 5.92. The van der Waals surface area contributed by atoms with Gasteiger partial charge in [-0.3, -0.25) is 4.79 Å². The molecular weight excluding hydrogens is 242 g/mol. The minimum Gasteiger partial charge on any atom is -0.396 e. The van der Waals surface area contributed by atoms with Crippen LogP contribution in [0.25, 0.3) is 0 Å². The first-order chi connectivity index (χ1) is 9.24. The maximum atomic E-state index is 12.3. The quantitative estimate of drug-likeness (QED) is 0.861. The number of amides is 1. The van der Waals surface area contributed by atoms with Crippen LogP contribution in [0, 0.1) is 5.92 Å². The molecule has 2 N–H and O–H groups in total. The third-order valence-corrected chi connectivity index (χ3v) is 3.43. The highest BCUT2D eigenvalue weighted by Gasteiger charge is 2.24. The maximum Gasteiger partial charge on any atom is 0.272 e. The van der Waals surface area contributed by atoms with Crippen LogP contribution in [0.5, 0.6) is 0 Å². The van der Waals surface area contributed by atoms with Crippen molar-refractivity contribution in [1.82, 2.24) is 9.88 Å². The Morgan fingerprint density at radius 2 is 2.42 bits per heavy atom. The third-order valence-electron chi connectivity index (χ3n) is 3.43. The molecule has 0 aliphatic carbocycles. The monoisotopic (exact) mass is 263 g/mol. The summed E-state index contributed by atoms with van der Waals surface area (Å²) in [6.07, 6.45) is 3.63. The lowest BCUT2D eigenvalue weighted by atomic mass is 9.99. The molecule has 104 valence electrons. The van der Waals surface area contributed by atoms with Gasteiger partial charge < -0.3 is 15.3 Å². The first-order valence-electron chi connectivity index (χ1n) is 6.84. The topological polar surface area (TPSA) is 65.5 Å². The van der Waals surface area contributed by atoms with Crippen LogP contribution in [0.2, 0.25) is 0 Å². The summed E-state index contributed by atoms with van der Waals surface area (Å²) in [5.41, 5.74) is 1.39. The minimum atomic E-state index is -0.0406. The summed E-state index contributed by atoms with van der Waals surface area (Å²) in [6.45, 7) is 4.38. The highest BCUT2D eigenvalue weighted by atomic mass is 16.3. The average molecular weight is 263 g/mol. The Bertz CT molecular complexity index is 419. The number of hydrogen-bond acceptors (Lipinski definition) is 4. The van der Waals surface area contributed by atoms with E-state index < -0.39 is 0 Å². The molecule has 0 radical (unpaired) electrons. The van der Waals surface area contributed by atoms with E-state index in [1.807, 2.05) is 13.0 Å². The molecule has 1 aliphatic rings. The molecule has 1 aliphatic heterocycles. The normalized spacial score (nSPS) is 19.3. The first kappa shape index (κ1) is 13.8. The summed E-state index contributed by atoms with van der Waals surface area (Å²) in [6, 6.07) is 3.63. The van der Waals surface area contributed by atoms with Crippen molar-refractivity contribution in [3.8, 4) is 0 Å². The number of aliphatic hydroxyl groups excluding tert-OH is 1. The summed E-state index contributed by atoms with van der Waals surface area (Å²) in [7, 11) is 0. The van der Waals surface area contributed by atoms with Crippen LogP contribution in [0.15, 0.2) is 18.3 Å². The zero-order valence-electron chi connectivity index (χ0n) is 11.3. The largest absolute Gasteiger partial charge is 0.396 e. The summed E-state index contributed by atoms with van der Waals surface area (Å²) >= 11 is 0. The van der Waals surface area contributed by atoms with Crippen molar-refractivity contribution >= 4 is 11.6 Å². The fourth-order valence-electron chi connectivity index (χ4n) is 2.39. The molecule has 1 aromatic rings. The maximum absolute atomic E-state index is 12.3. The number of carbonyl (C=O) groups excluding carboxylic acids is 1. The van der Waals surface area contributed by atoms with Gasteiger partial charge in [-0.2, -0.15) is 0 Å². The number of rotatable bonds is 4. The fraction of sp³-hybridized carbons (Fsp3) is 0.571. The summed E-state index contributed by atoms with van der Waals surface area (Å²) in [4.78, 5) is 18.3. The van der Waals surface area contributed by atoms with Crippen molar-refractivity contribution in [3.05, 3.63) is 24.0 Å². The Morgan fingerprint density at radius 3 is 3.05 bits per heavy atom. The Morgan fingerprint density at radius 1 is 1.58 bits per heavy atom. The second-order valence-corrected chi connectivity index (χ2v) is 4.90. The number of hydrogen-bond donors (Lipinski definition) is 2. The molecule has 1 saturated heterocycles. The molecule has 1 aromatic heterocycles. The van der Waals surface area contributed by atoms with Crippen LogP contribution in [-0.2, 0) is 0 Å². The molecule has 2 rings (SSSR count). The zero-order valence-corrected chi connectivity index (χ0v) is 11.3. The zero-order chi connectivity index (χ0) is 13.7. The van der Waals surface area contributed by atoms with E-state index in [0.29, 0.717) is 12.2 Å². The van der Waals surface area contributed by atoms with Gasteiger partial charge in [0.15, 0.2) is 0 Å². The van der Waals surface area contributed by atoms with E-state index in [0.717, 1.165) is 31.6 Å². The number of pyridine rings is 1. The third kappa shape index (κ3) is 3.44. The van der Waals surface area contributed by atoms with Gasteiger partial charge in [0.1, 0.15) is 5.69 Å². The number of nitrogens with zero attached hydrogens (tertiary/aromatic N) is 2. The molecule has 1 atom stereocenters. The Hall–Kier alpha value is -1.62. The van der Waals surface area contributed by atoms with Crippen molar-refractivity contribution in [1.29, 1.82) is 0 Å². The van der Waals surface area contributed by atoms with E-state index in [1.165, 1.54) is 0 Å². The molecule has 1 unspecified atom stereocenters. The molecule has 1 amide bonds. The number of aliphatic hydroxyl groups is 1. The van der Waals surface area contributed by atoms with Gasteiger partial charge in [0.05, 0.1) is 11.9 Å². The van der Waals surface area contributed by atoms with Crippen LogP contribution in [-0.4, -0.2) is 47.1 Å². The smallest absolute Gasteiger partial charge is 0.272 e. The lowest BCUT2D eigenvalue weighted by Crippen LogP contribution is -2.41. The van der Waals surface area contributed by atoms with Crippen LogP contribution in [0.1, 0.15) is 30.3 Å². The highest BCUT2D eigenvalue weighted by Crippen LogP contribution is 2.18. The van der Waals surface area contributed by atoms with Gasteiger partial charge >= 0.3 is 0 Å². The Balaban J connectivity index is 2.02. The van der Waals surface area contributed by atoms with Crippen LogP contribution in [0.4, 0.5) is 5.69 Å². The molecule has 2 heterocycles. The fourth-order valence-corrected chi connectivity index (χ4v) is 2.39. The van der Waals surface area contributed by atoms with Gasteiger partial charge in [-0.1, -0.05) is 0 Å². The molecule has 0 spiro atoms. The van der Waals surface area contributed by atoms with Crippen molar-refractivity contribution in [3.63, 3.8) is 0 Å². The van der Waals surface area contributed by atoms with Crippen LogP contribution >= 0.6 is 0 Å². The molecular formula is C14H21N3O2. The molecule has 1 fully saturated rings. The number of likely N-dealkylation sites (tertiary alicyclic amines) is 1. The number of nitrogens with one attached hydrogen (secondary N) is 1. The van der Waals surface area contributed by atoms with Gasteiger partial charge in [-0.15, -0.1) is 0 Å². The van der Waals surface area contributed by atoms with Crippen molar-refractivity contribution in [2.45, 2.75) is 19.8 Å². The predicted octanol–water partition coefficient (Wildman–Crippen LogP) is 1.36. The van der Waals surface area contributed by atoms with Crippen molar-refractivity contribution < 1.29 is 9.90 Å². The lowest BCUT2D eigenvalue weighted by molar-refractivity contribution is 0.0615. The first-order valence-corrected chi connectivity index (χ1v) is 6.84. The van der Waals surface area contributed by atoms with E-state index in [4.69, 9.17) is 0 Å². The second-order valence-electron chi connectivity index (χ2n) is 4.90. The predicted molar refractivity (Wildman–Crippen MR) is 74.1 cm³/mol. The van der Waals surface area contributed by atoms with E-state index in [1.54, 1.807) is 17.2 Å². The number of piperidine rings is 1. The number of carbonyl (C=O) groups is 1. The molecule has 0 bridgehead atoms. The van der Waals surface area contributed by atoms with Crippen molar-refractivity contribution in [2.75, 3.05) is 31.6 Å². The molecule has 0 saturated carbocycles. The van der Waals surface area contributed by atoms with E-state index in [9.17, 15) is 9.90 Å². The number of aromatic nitrogens is 1. The van der Waals surface area contributed by atoms with Crippen LogP contribution < -0.4 is 5.32 Å². The van der Waals surface area contributed by atoms with E-state index in [2.05, 4.69) is 10.3 Å². The van der Waals surface area contributed by atoms with Gasteiger partial charge in [0.2, 0.25) is 0 Å². The Kier molecular flexibility index (Phi) is 4.74. The van der Waals surface area contributed by atoms with Crippen LogP contribution in [0.3, 0.4) is 0 Å². The van der Waals surface area contributed by atoms with Gasteiger partial charge in [0.25, 0.3) is 5.91 Å². The van der Waals surface area contributed by atoms with Crippen molar-refractivity contribution in [2.24, 2.45) is 5.92 Å². The average Bonchev–Trinajstić information content (AvgIpc) is 2.48. The SMILES string of the molecule is CCNc1ccc(C(=O)N2CCCC(CO)C2)nc1. The minimum absolute atomic E-state index is 0.0406. The van der Waals surface area contributed by atoms with Gasteiger partial charge in [-0.25, -0.2) is 4.98 Å². The van der Waals surface area contributed by atoms with Gasteiger partial charge in [-0.05, 0) is 37.8 Å².